The summed E-state index contributed by atoms with van der Waals surface area (Å²) in [6.45, 7) is 1.09. The van der Waals surface area contributed by atoms with Gasteiger partial charge < -0.3 is 12.3 Å². The highest BCUT2D eigenvalue weighted by molar-refractivity contribution is 7.79. The highest BCUT2D eigenvalue weighted by atomic mass is 31.3. The average molecular weight is 552 g/mol. The predicted octanol–water partition coefficient (Wildman–Crippen LogP) is -3.04. The maximum Gasteiger partial charge on any atom is 0.290 e. The van der Waals surface area contributed by atoms with Gasteiger partial charge in [0.05, 0.1) is 0 Å². The normalized spacial score (nSPS) is 16.1. The van der Waals surface area contributed by atoms with E-state index in [0.29, 0.717) is 0 Å². The second-order valence-electron chi connectivity index (χ2n) is 4.84. The van der Waals surface area contributed by atoms with Crippen LogP contribution < -0.4 is 87.4 Å². The molecule has 2 unspecified atom stereocenters. The Balaban J connectivity index is -0.000000105. The number of rotatable bonds is 6. The van der Waals surface area contributed by atoms with Crippen molar-refractivity contribution in [2.45, 2.75) is 0 Å². The molecule has 0 bridgehead atoms. The van der Waals surface area contributed by atoms with E-state index in [9.17, 15) is 27.4 Å². The van der Waals surface area contributed by atoms with Gasteiger partial charge >= 0.3 is 0 Å². The molecule has 0 saturated heterocycles. The van der Waals surface area contributed by atoms with E-state index in [1.54, 1.807) is 9.72 Å². The van der Waals surface area contributed by atoms with Gasteiger partial charge in [-0.3, -0.25) is 87.9 Å². The van der Waals surface area contributed by atoms with E-state index in [4.69, 9.17) is 44.0 Å². The molecule has 0 fully saturated rings. The molecular weight excluding hydrogens is 518 g/mol. The monoisotopic (exact) mass is 552 g/mol. The Kier molecular flexibility index (Phi) is 19.4. The van der Waals surface area contributed by atoms with Crippen LogP contribution in [0.4, 0.5) is 0 Å². The zero-order chi connectivity index (χ0) is 23.1. The van der Waals surface area contributed by atoms with Gasteiger partial charge in [0.15, 0.2) is 0 Å². The third kappa shape index (κ3) is 58.5. The minimum atomic E-state index is -3.84. The maximum atomic E-state index is 11.2. The van der Waals surface area contributed by atoms with Gasteiger partial charge in [-0.2, -0.15) is 14.6 Å². The molecule has 22 nitrogen and oxygen atoms in total. The van der Waals surface area contributed by atoms with Crippen LogP contribution in [-0.2, 0) is 27.4 Å². The van der Waals surface area contributed by atoms with Crippen LogP contribution in [0.5, 0.6) is 0 Å². The van der Waals surface area contributed by atoms with Crippen LogP contribution in [0.25, 0.3) is 0 Å². The second kappa shape index (κ2) is 14.0. The summed E-state index contributed by atoms with van der Waals surface area (Å²) in [7, 11) is -21.1. The van der Waals surface area contributed by atoms with Gasteiger partial charge in [-0.25, -0.2) is 0 Å². The van der Waals surface area contributed by atoms with Gasteiger partial charge in [-0.05, 0) is 0 Å². The fourth-order valence-corrected chi connectivity index (χ4v) is 7.55. The van der Waals surface area contributed by atoms with E-state index in [-0.39, 0.29) is 12.3 Å². The van der Waals surface area contributed by atoms with Crippen LogP contribution in [0.3, 0.4) is 0 Å². The summed E-state index contributed by atoms with van der Waals surface area (Å²) in [6, 6.07) is 0. The number of nitrogens with two attached hydrogens (primary N) is 11. The van der Waals surface area contributed by atoms with Crippen molar-refractivity contribution in [3.05, 3.63) is 0 Å². The second-order valence-corrected chi connectivity index (χ2v) is 16.3. The summed E-state index contributed by atoms with van der Waals surface area (Å²) in [5, 5.41) is 0. The highest BCUT2D eigenvalue weighted by Crippen LogP contribution is 2.45. The summed E-state index contributed by atoms with van der Waals surface area (Å²) in [5.74, 6) is 0. The van der Waals surface area contributed by atoms with Crippen LogP contribution in [0.1, 0.15) is 0 Å². The molecule has 0 aromatic heterocycles. The first kappa shape index (κ1) is 40.1. The van der Waals surface area contributed by atoms with Crippen LogP contribution >= 0.6 is 45.4 Å². The zero-order valence-corrected chi connectivity index (χ0v) is 20.8. The molecule has 0 aromatic carbocycles. The van der Waals surface area contributed by atoms with Crippen molar-refractivity contribution in [3.63, 3.8) is 0 Å². The van der Waals surface area contributed by atoms with Gasteiger partial charge in [-0.15, -0.1) is 0 Å². The van der Waals surface area contributed by atoms with E-state index in [0.717, 1.165) is 6.66 Å². The van der Waals surface area contributed by atoms with Gasteiger partial charge in [-0.1, -0.05) is 0 Å². The van der Waals surface area contributed by atoms with Crippen molar-refractivity contribution < 1.29 is 27.4 Å². The highest BCUT2D eigenvalue weighted by Gasteiger charge is 2.27. The van der Waals surface area contributed by atoms with Crippen LogP contribution in [0, 0.1) is 0 Å². The van der Waals surface area contributed by atoms with Crippen molar-refractivity contribution >= 4 is 45.4 Å². The van der Waals surface area contributed by atoms with Crippen molar-refractivity contribution in [1.29, 1.82) is 0 Å². The molecule has 0 radical (unpaired) electrons. The molecule has 184 valence electrons. The van der Waals surface area contributed by atoms with Crippen molar-refractivity contribution in [2.24, 2.45) is 60.5 Å². The van der Waals surface area contributed by atoms with Crippen molar-refractivity contribution in [2.75, 3.05) is 6.66 Å². The molecule has 29 heavy (non-hydrogen) atoms. The molecule has 0 aromatic rings. The first-order chi connectivity index (χ1) is 11.1. The fraction of sp³-hybridized carbons (Fsp3) is 1.00. The van der Waals surface area contributed by atoms with E-state index < -0.39 is 45.4 Å². The molecule has 0 heterocycles. The minimum Gasteiger partial charge on any atom is -0.344 e. The molecule has 0 rings (SSSR count). The summed E-state index contributed by atoms with van der Waals surface area (Å²) >= 11 is 0. The molecule has 0 aliphatic heterocycles. The molecule has 0 aliphatic carbocycles. The SMILES string of the molecule is CP(N)(=O)NP(N)(=O)NP(N)(N)=O.N.N.NP(N)(=O)NP(N)(N)=O.NP(N)(N)=O. The van der Waals surface area contributed by atoms with Crippen LogP contribution in [0.2, 0.25) is 0 Å². The Morgan fingerprint density at radius 1 is 0.483 bits per heavy atom. The lowest BCUT2D eigenvalue weighted by atomic mass is 12.0. The Hall–Kier alpha value is 0.740. The summed E-state index contributed by atoms with van der Waals surface area (Å²) in [4.78, 5) is 5.29. The van der Waals surface area contributed by atoms with Crippen LogP contribution in [0.15, 0.2) is 0 Å². The van der Waals surface area contributed by atoms with E-state index in [1.165, 1.54) is 0 Å². The summed E-state index contributed by atoms with van der Waals surface area (Å²) in [5.41, 5.74) is 52.0. The summed E-state index contributed by atoms with van der Waals surface area (Å²) < 4.78 is 63.1. The molecule has 0 amide bonds. The molecule has 28 heteroatoms. The maximum absolute atomic E-state index is 11.2. The van der Waals surface area contributed by atoms with E-state index >= 15 is 0 Å². The minimum absolute atomic E-state index is 0. The van der Waals surface area contributed by atoms with Gasteiger partial charge in [0.1, 0.15) is 0 Å². The lowest BCUT2D eigenvalue weighted by Crippen LogP contribution is -2.30. The molecular formula is CH34N16O6P6. The Labute approximate surface area is 167 Å². The standard InChI is InChI=1S/CH13N6O3P3.H9N5O2P2.H6N3OP.2H3N/c1-11(2,8)6-13(5,10)7-12(3,4)9;1-8(2,6)5-9(3,4)7;1-5(2,3)4;;/h1H3,(H10,2,3,4,5,6,7,8,9,10);(H9,1,2,3,4,5,6,7);(H6,1,2,3,4);2*1H3. The number of hydrogen-bond donors (Lipinski definition) is 16. The van der Waals surface area contributed by atoms with Gasteiger partial charge in [0.2, 0.25) is 7.44 Å². The molecule has 0 spiro atoms. The fourth-order valence-electron chi connectivity index (χ4n) is 0.794. The number of nitrogens with one attached hydrogen (secondary N) is 3. The number of hydrogen-bond acceptors (Lipinski definition) is 8. The van der Waals surface area contributed by atoms with Gasteiger partial charge in [0.25, 0.3) is 38.0 Å². The molecule has 2 atom stereocenters. The van der Waals surface area contributed by atoms with Crippen LogP contribution in [-0.4, -0.2) is 6.66 Å². The Morgan fingerprint density at radius 2 is 0.690 bits per heavy atom. The quantitative estimate of drug-likeness (QED) is 0.145. The third-order valence-electron chi connectivity index (χ3n) is 0.965. The topological polar surface area (TPSA) is 495 Å². The average Bonchev–Trinajstić information content (AvgIpc) is 1.96. The van der Waals surface area contributed by atoms with E-state index in [2.05, 4.69) is 16.5 Å². The molecule has 0 saturated carbocycles. The first-order valence-electron chi connectivity index (χ1n) is 5.72. The Bertz CT molecular complexity index is 677. The van der Waals surface area contributed by atoms with E-state index in [1.807, 2.05) is 4.86 Å². The molecule has 0 aliphatic rings. The largest absolute Gasteiger partial charge is 0.344 e. The van der Waals surface area contributed by atoms with Crippen molar-refractivity contribution in [3.8, 4) is 0 Å². The third-order valence-corrected chi connectivity index (χ3v) is 8.68. The molecule has 31 N–H and O–H groups in total. The zero-order valence-electron chi connectivity index (χ0n) is 15.4. The van der Waals surface area contributed by atoms with Crippen molar-refractivity contribution in [1.82, 2.24) is 26.9 Å². The first-order valence-corrected chi connectivity index (χ1v) is 17.2. The lowest BCUT2D eigenvalue weighted by Gasteiger charge is -2.19. The summed E-state index contributed by atoms with van der Waals surface area (Å²) in [6.07, 6.45) is 0. The van der Waals surface area contributed by atoms with Gasteiger partial charge in [0, 0.05) is 6.66 Å². The predicted molar refractivity (Wildman–Crippen MR) is 117 cm³/mol. The Morgan fingerprint density at radius 3 is 0.793 bits per heavy atom. The smallest absolute Gasteiger partial charge is 0.290 e. The lowest BCUT2D eigenvalue weighted by molar-refractivity contribution is 0.554.